The first-order valence-electron chi connectivity index (χ1n) is 6.53. The summed E-state index contributed by atoms with van der Waals surface area (Å²) in [6.07, 6.45) is 3.81. The maximum atomic E-state index is 12.3. The van der Waals surface area contributed by atoms with E-state index in [4.69, 9.17) is 11.6 Å². The lowest BCUT2D eigenvalue weighted by molar-refractivity contribution is 0.102. The molecule has 3 rings (SSSR count). The van der Waals surface area contributed by atoms with Crippen LogP contribution in [0.1, 0.15) is 10.4 Å². The van der Waals surface area contributed by atoms with Gasteiger partial charge in [0.2, 0.25) is 0 Å². The van der Waals surface area contributed by atoms with Crippen LogP contribution < -0.4 is 5.32 Å². The van der Waals surface area contributed by atoms with E-state index in [9.17, 15) is 4.79 Å². The predicted octanol–water partition coefficient (Wildman–Crippen LogP) is 4.38. The highest BCUT2D eigenvalue weighted by Gasteiger charge is 2.10. The summed E-state index contributed by atoms with van der Waals surface area (Å²) in [6.45, 7) is 0. The Bertz CT molecular complexity index is 752. The van der Waals surface area contributed by atoms with Gasteiger partial charge in [0.15, 0.2) is 0 Å². The number of anilines is 1. The van der Waals surface area contributed by atoms with Crippen LogP contribution >= 0.6 is 11.6 Å². The number of carbonyl (C=O) groups is 1. The van der Waals surface area contributed by atoms with Gasteiger partial charge in [0.1, 0.15) is 0 Å². The number of benzene rings is 2. The standard InChI is InChI=1S/C17H13ClN2O/c18-14-8-9-15(16(12-14)20-10-4-5-11-20)19-17(21)13-6-2-1-3-7-13/h1-12H,(H,19,21). The van der Waals surface area contributed by atoms with Crippen molar-refractivity contribution in [2.45, 2.75) is 0 Å². The number of hydrogen-bond acceptors (Lipinski definition) is 1. The van der Waals surface area contributed by atoms with Gasteiger partial charge in [-0.2, -0.15) is 0 Å². The molecule has 1 aromatic heterocycles. The minimum Gasteiger partial charge on any atom is -0.322 e. The van der Waals surface area contributed by atoms with Crippen molar-refractivity contribution in [1.29, 1.82) is 0 Å². The number of aromatic nitrogens is 1. The molecule has 0 fully saturated rings. The molecule has 0 aliphatic heterocycles. The molecule has 0 radical (unpaired) electrons. The topological polar surface area (TPSA) is 34.0 Å². The van der Waals surface area contributed by atoms with Gasteiger partial charge in [-0.25, -0.2) is 0 Å². The third-order valence-corrected chi connectivity index (χ3v) is 3.36. The Morgan fingerprint density at radius 1 is 0.952 bits per heavy atom. The number of carbonyl (C=O) groups excluding carboxylic acids is 1. The van der Waals surface area contributed by atoms with Crippen LogP contribution in [0.15, 0.2) is 73.1 Å². The van der Waals surface area contributed by atoms with Crippen molar-refractivity contribution in [1.82, 2.24) is 4.57 Å². The molecular formula is C17H13ClN2O. The molecule has 0 bridgehead atoms. The maximum Gasteiger partial charge on any atom is 0.255 e. The number of amides is 1. The zero-order chi connectivity index (χ0) is 14.7. The van der Waals surface area contributed by atoms with E-state index in [1.165, 1.54) is 0 Å². The summed E-state index contributed by atoms with van der Waals surface area (Å²) in [5, 5.41) is 3.55. The van der Waals surface area contributed by atoms with Crippen LogP contribution in [0.5, 0.6) is 0 Å². The predicted molar refractivity (Wildman–Crippen MR) is 85.2 cm³/mol. The van der Waals surface area contributed by atoms with E-state index in [-0.39, 0.29) is 5.91 Å². The normalized spacial score (nSPS) is 10.3. The van der Waals surface area contributed by atoms with Crippen LogP contribution in [0.3, 0.4) is 0 Å². The Kier molecular flexibility index (Phi) is 3.75. The minimum atomic E-state index is -0.147. The molecular weight excluding hydrogens is 284 g/mol. The average molecular weight is 297 g/mol. The lowest BCUT2D eigenvalue weighted by Crippen LogP contribution is -2.13. The zero-order valence-corrected chi connectivity index (χ0v) is 11.9. The molecule has 0 spiro atoms. The Hall–Kier alpha value is -2.52. The van der Waals surface area contributed by atoms with Crippen molar-refractivity contribution in [2.24, 2.45) is 0 Å². The Morgan fingerprint density at radius 3 is 2.38 bits per heavy atom. The number of nitrogens with one attached hydrogen (secondary N) is 1. The van der Waals surface area contributed by atoms with Crippen LogP contribution in [-0.4, -0.2) is 10.5 Å². The summed E-state index contributed by atoms with van der Waals surface area (Å²) in [7, 11) is 0. The monoisotopic (exact) mass is 296 g/mol. The fourth-order valence-corrected chi connectivity index (χ4v) is 2.27. The molecule has 0 aliphatic rings. The highest BCUT2D eigenvalue weighted by molar-refractivity contribution is 6.31. The number of halogens is 1. The SMILES string of the molecule is O=C(Nc1ccc(Cl)cc1-n1cccc1)c1ccccc1. The number of hydrogen-bond donors (Lipinski definition) is 1. The first kappa shape index (κ1) is 13.5. The summed E-state index contributed by atoms with van der Waals surface area (Å²) in [6, 6.07) is 18.3. The third-order valence-electron chi connectivity index (χ3n) is 3.13. The number of rotatable bonds is 3. The smallest absolute Gasteiger partial charge is 0.255 e. The summed E-state index contributed by atoms with van der Waals surface area (Å²) in [5.74, 6) is -0.147. The van der Waals surface area contributed by atoms with E-state index in [2.05, 4.69) is 5.32 Å². The number of nitrogens with zero attached hydrogens (tertiary/aromatic N) is 1. The Balaban J connectivity index is 1.94. The molecule has 4 heteroatoms. The fraction of sp³-hybridized carbons (Fsp3) is 0. The van der Waals surface area contributed by atoms with Gasteiger partial charge in [0.05, 0.1) is 11.4 Å². The lowest BCUT2D eigenvalue weighted by atomic mass is 10.2. The third kappa shape index (κ3) is 2.98. The van der Waals surface area contributed by atoms with Crippen LogP contribution in [0.2, 0.25) is 5.02 Å². The lowest BCUT2D eigenvalue weighted by Gasteiger charge is -2.12. The molecule has 3 nitrogen and oxygen atoms in total. The molecule has 104 valence electrons. The highest BCUT2D eigenvalue weighted by atomic mass is 35.5. The summed E-state index contributed by atoms with van der Waals surface area (Å²) in [5.41, 5.74) is 2.16. The molecule has 0 saturated carbocycles. The van der Waals surface area contributed by atoms with Crippen LogP contribution in [-0.2, 0) is 0 Å². The second-order valence-electron chi connectivity index (χ2n) is 4.57. The van der Waals surface area contributed by atoms with E-state index in [1.54, 1.807) is 24.3 Å². The van der Waals surface area contributed by atoms with Gasteiger partial charge >= 0.3 is 0 Å². The summed E-state index contributed by atoms with van der Waals surface area (Å²) >= 11 is 6.06. The molecule has 21 heavy (non-hydrogen) atoms. The van der Waals surface area contributed by atoms with Gasteiger partial charge in [-0.05, 0) is 42.5 Å². The van der Waals surface area contributed by atoms with Gasteiger partial charge < -0.3 is 9.88 Å². The maximum absolute atomic E-state index is 12.3. The molecule has 1 heterocycles. The summed E-state index contributed by atoms with van der Waals surface area (Å²) < 4.78 is 1.91. The van der Waals surface area contributed by atoms with Crippen molar-refractivity contribution in [3.63, 3.8) is 0 Å². The van der Waals surface area contributed by atoms with Gasteiger partial charge in [-0.15, -0.1) is 0 Å². The van der Waals surface area contributed by atoms with Gasteiger partial charge in [0, 0.05) is 23.0 Å². The van der Waals surface area contributed by atoms with Gasteiger partial charge in [-0.3, -0.25) is 4.79 Å². The Morgan fingerprint density at radius 2 is 1.67 bits per heavy atom. The fourth-order valence-electron chi connectivity index (χ4n) is 2.10. The second-order valence-corrected chi connectivity index (χ2v) is 5.01. The van der Waals surface area contributed by atoms with E-state index < -0.39 is 0 Å². The summed E-state index contributed by atoms with van der Waals surface area (Å²) in [4.78, 5) is 12.3. The van der Waals surface area contributed by atoms with Gasteiger partial charge in [-0.1, -0.05) is 29.8 Å². The van der Waals surface area contributed by atoms with Gasteiger partial charge in [0.25, 0.3) is 5.91 Å². The molecule has 0 saturated heterocycles. The minimum absolute atomic E-state index is 0.147. The molecule has 1 N–H and O–H groups in total. The first-order chi connectivity index (χ1) is 10.2. The van der Waals surface area contributed by atoms with Crippen molar-refractivity contribution in [3.05, 3.63) is 83.6 Å². The molecule has 0 aliphatic carbocycles. The van der Waals surface area contributed by atoms with E-state index in [0.29, 0.717) is 16.3 Å². The van der Waals surface area contributed by atoms with Crippen molar-refractivity contribution in [3.8, 4) is 5.69 Å². The van der Waals surface area contributed by atoms with Crippen molar-refractivity contribution >= 4 is 23.2 Å². The average Bonchev–Trinajstić information content (AvgIpc) is 3.04. The van der Waals surface area contributed by atoms with Crippen LogP contribution in [0.25, 0.3) is 5.69 Å². The second kappa shape index (κ2) is 5.85. The largest absolute Gasteiger partial charge is 0.322 e. The van der Waals surface area contributed by atoms with E-state index in [0.717, 1.165) is 5.69 Å². The van der Waals surface area contributed by atoms with Crippen LogP contribution in [0, 0.1) is 0 Å². The van der Waals surface area contributed by atoms with Crippen molar-refractivity contribution < 1.29 is 4.79 Å². The first-order valence-corrected chi connectivity index (χ1v) is 6.91. The van der Waals surface area contributed by atoms with Crippen LogP contribution in [0.4, 0.5) is 5.69 Å². The van der Waals surface area contributed by atoms with E-state index in [1.807, 2.05) is 53.4 Å². The molecule has 0 unspecified atom stereocenters. The zero-order valence-electron chi connectivity index (χ0n) is 11.2. The van der Waals surface area contributed by atoms with Crippen molar-refractivity contribution in [2.75, 3.05) is 5.32 Å². The molecule has 1 amide bonds. The molecule has 0 atom stereocenters. The molecule has 3 aromatic rings. The molecule has 2 aromatic carbocycles. The van der Waals surface area contributed by atoms with E-state index >= 15 is 0 Å². The quantitative estimate of drug-likeness (QED) is 0.764. The highest BCUT2D eigenvalue weighted by Crippen LogP contribution is 2.25. The Labute approximate surface area is 127 Å².